The van der Waals surface area contributed by atoms with Gasteiger partial charge in [-0.05, 0) is 12.8 Å². The maximum absolute atomic E-state index is 8.09. The first-order chi connectivity index (χ1) is 3.41. The highest BCUT2D eigenvalue weighted by Crippen LogP contribution is 1.92. The Morgan fingerprint density at radius 3 is 2.71 bits per heavy atom. The number of unbranched alkanes of at least 4 members (excludes halogenated alkanes) is 2. The van der Waals surface area contributed by atoms with Crippen LogP contribution in [0.3, 0.4) is 0 Å². The van der Waals surface area contributed by atoms with Crippen LogP contribution >= 0.6 is 0 Å². The summed E-state index contributed by atoms with van der Waals surface area (Å²) in [6.07, 6.45) is 5.77. The van der Waals surface area contributed by atoms with Gasteiger partial charge in [-0.3, -0.25) is 0 Å². The van der Waals surface area contributed by atoms with E-state index in [2.05, 4.69) is 6.92 Å². The van der Waals surface area contributed by atoms with E-state index in [1.807, 2.05) is 0 Å². The Morgan fingerprint density at radius 2 is 2.29 bits per heavy atom. The standard InChI is InChI=1S/C6H11O/c1-2-3-4-5-6-7/h5-7H,1-4H2/b6-5+. The molecule has 0 saturated heterocycles. The molecule has 0 atom stereocenters. The molecule has 0 aromatic heterocycles. The summed E-state index contributed by atoms with van der Waals surface area (Å²) < 4.78 is 0. The minimum absolute atomic E-state index is 0.944. The molecule has 0 aromatic carbocycles. The minimum Gasteiger partial charge on any atom is -0.516 e. The second-order valence-electron chi connectivity index (χ2n) is 1.38. The Labute approximate surface area is 44.7 Å². The average Bonchev–Trinajstić information content (AvgIpc) is 1.69. The van der Waals surface area contributed by atoms with Crippen molar-refractivity contribution >= 4 is 0 Å². The SMILES string of the molecule is [CH2]CCC/C=C/O. The van der Waals surface area contributed by atoms with Gasteiger partial charge in [0, 0.05) is 0 Å². The van der Waals surface area contributed by atoms with E-state index in [0.717, 1.165) is 25.5 Å². The van der Waals surface area contributed by atoms with Crippen LogP contribution in [0.15, 0.2) is 12.3 Å². The highest BCUT2D eigenvalue weighted by Gasteiger charge is 1.74. The first-order valence-corrected chi connectivity index (χ1v) is 2.50. The van der Waals surface area contributed by atoms with Gasteiger partial charge in [0.15, 0.2) is 0 Å². The van der Waals surface area contributed by atoms with E-state index in [1.54, 1.807) is 6.08 Å². The number of allylic oxidation sites excluding steroid dienone is 1. The third-order valence-corrected chi connectivity index (χ3v) is 0.726. The highest BCUT2D eigenvalue weighted by molar-refractivity contribution is 4.70. The van der Waals surface area contributed by atoms with Crippen LogP contribution in [0, 0.1) is 6.92 Å². The van der Waals surface area contributed by atoms with Crippen molar-refractivity contribution in [3.63, 3.8) is 0 Å². The van der Waals surface area contributed by atoms with Gasteiger partial charge in [0.05, 0.1) is 6.26 Å². The van der Waals surface area contributed by atoms with Crippen LogP contribution in [0.25, 0.3) is 0 Å². The Morgan fingerprint density at radius 1 is 1.57 bits per heavy atom. The number of aliphatic hydroxyl groups excluding tert-OH is 1. The lowest BCUT2D eigenvalue weighted by atomic mass is 10.2. The molecule has 0 aromatic rings. The third-order valence-electron chi connectivity index (χ3n) is 0.726. The van der Waals surface area contributed by atoms with E-state index >= 15 is 0 Å². The van der Waals surface area contributed by atoms with Crippen LogP contribution in [0.2, 0.25) is 0 Å². The number of hydrogen-bond donors (Lipinski definition) is 1. The van der Waals surface area contributed by atoms with E-state index in [0.29, 0.717) is 0 Å². The molecule has 0 heterocycles. The van der Waals surface area contributed by atoms with Gasteiger partial charge in [-0.2, -0.15) is 0 Å². The molecule has 0 aliphatic rings. The zero-order valence-corrected chi connectivity index (χ0v) is 4.43. The van der Waals surface area contributed by atoms with Gasteiger partial charge in [0.2, 0.25) is 0 Å². The largest absolute Gasteiger partial charge is 0.516 e. The molecule has 0 amide bonds. The fourth-order valence-corrected chi connectivity index (χ4v) is 0.337. The molecule has 0 bridgehead atoms. The molecule has 0 rings (SSSR count). The molecule has 1 radical (unpaired) electrons. The van der Waals surface area contributed by atoms with Crippen molar-refractivity contribution in [2.45, 2.75) is 19.3 Å². The molecule has 0 unspecified atom stereocenters. The molecular formula is C6H11O. The fourth-order valence-electron chi connectivity index (χ4n) is 0.337. The van der Waals surface area contributed by atoms with E-state index < -0.39 is 0 Å². The van der Waals surface area contributed by atoms with Gasteiger partial charge in [-0.1, -0.05) is 19.4 Å². The van der Waals surface area contributed by atoms with Gasteiger partial charge in [0.25, 0.3) is 0 Å². The van der Waals surface area contributed by atoms with Gasteiger partial charge < -0.3 is 5.11 Å². The van der Waals surface area contributed by atoms with Crippen LogP contribution in [0.1, 0.15) is 19.3 Å². The van der Waals surface area contributed by atoms with Crippen molar-refractivity contribution in [2.24, 2.45) is 0 Å². The maximum atomic E-state index is 8.09. The first kappa shape index (κ1) is 6.54. The van der Waals surface area contributed by atoms with Crippen molar-refractivity contribution < 1.29 is 5.11 Å². The number of rotatable bonds is 3. The van der Waals surface area contributed by atoms with Crippen LogP contribution in [-0.4, -0.2) is 5.11 Å². The zero-order valence-electron chi connectivity index (χ0n) is 4.43. The lowest BCUT2D eigenvalue weighted by molar-refractivity contribution is 0.470. The summed E-state index contributed by atoms with van der Waals surface area (Å²) in [5.74, 6) is 0. The molecular weight excluding hydrogens is 88.1 g/mol. The monoisotopic (exact) mass is 99.1 g/mol. The van der Waals surface area contributed by atoms with E-state index in [4.69, 9.17) is 5.11 Å². The van der Waals surface area contributed by atoms with E-state index in [9.17, 15) is 0 Å². The van der Waals surface area contributed by atoms with E-state index in [-0.39, 0.29) is 0 Å². The summed E-state index contributed by atoms with van der Waals surface area (Å²) in [4.78, 5) is 0. The molecule has 1 heteroatoms. The molecule has 0 aliphatic heterocycles. The summed E-state index contributed by atoms with van der Waals surface area (Å²) in [7, 11) is 0. The third kappa shape index (κ3) is 5.54. The van der Waals surface area contributed by atoms with Crippen molar-refractivity contribution in [3.05, 3.63) is 19.3 Å². The maximum Gasteiger partial charge on any atom is 0.0751 e. The topological polar surface area (TPSA) is 20.2 Å². The lowest BCUT2D eigenvalue weighted by Crippen LogP contribution is -1.64. The van der Waals surface area contributed by atoms with Gasteiger partial charge in [-0.15, -0.1) is 0 Å². The predicted octanol–water partition coefficient (Wildman–Crippen LogP) is 2.06. The molecule has 0 aliphatic carbocycles. The van der Waals surface area contributed by atoms with Crippen LogP contribution < -0.4 is 0 Å². The average molecular weight is 99.2 g/mol. The summed E-state index contributed by atoms with van der Waals surface area (Å²) in [6, 6.07) is 0. The molecule has 7 heavy (non-hydrogen) atoms. The molecule has 1 N–H and O–H groups in total. The van der Waals surface area contributed by atoms with Crippen LogP contribution in [0.4, 0.5) is 0 Å². The van der Waals surface area contributed by atoms with Crippen LogP contribution in [0.5, 0.6) is 0 Å². The fraction of sp³-hybridized carbons (Fsp3) is 0.500. The number of aliphatic hydroxyl groups is 1. The first-order valence-electron chi connectivity index (χ1n) is 2.50. The van der Waals surface area contributed by atoms with Crippen molar-refractivity contribution in [3.8, 4) is 0 Å². The van der Waals surface area contributed by atoms with Crippen molar-refractivity contribution in [1.29, 1.82) is 0 Å². The molecule has 0 saturated carbocycles. The molecule has 0 spiro atoms. The smallest absolute Gasteiger partial charge is 0.0751 e. The van der Waals surface area contributed by atoms with E-state index in [1.165, 1.54) is 0 Å². The van der Waals surface area contributed by atoms with Crippen molar-refractivity contribution in [2.75, 3.05) is 0 Å². The molecule has 41 valence electrons. The Bertz CT molecular complexity index is 48.1. The predicted molar refractivity (Wildman–Crippen MR) is 31.0 cm³/mol. The lowest BCUT2D eigenvalue weighted by Gasteiger charge is -1.83. The number of hydrogen-bond acceptors (Lipinski definition) is 1. The van der Waals surface area contributed by atoms with Gasteiger partial charge in [0.1, 0.15) is 0 Å². The van der Waals surface area contributed by atoms with Gasteiger partial charge in [-0.25, -0.2) is 0 Å². The summed E-state index contributed by atoms with van der Waals surface area (Å²) >= 11 is 0. The second-order valence-corrected chi connectivity index (χ2v) is 1.38. The second kappa shape index (κ2) is 5.54. The Hall–Kier alpha value is -0.460. The van der Waals surface area contributed by atoms with Crippen molar-refractivity contribution in [1.82, 2.24) is 0 Å². The Balaban J connectivity index is 2.69. The Kier molecular flexibility index (Phi) is 5.18. The quantitative estimate of drug-likeness (QED) is 0.424. The molecule has 1 nitrogen and oxygen atoms in total. The summed E-state index contributed by atoms with van der Waals surface area (Å²) in [5, 5.41) is 8.09. The normalized spacial score (nSPS) is 10.4. The van der Waals surface area contributed by atoms with Crippen LogP contribution in [-0.2, 0) is 0 Å². The zero-order chi connectivity index (χ0) is 5.54. The summed E-state index contributed by atoms with van der Waals surface area (Å²) in [6.45, 7) is 3.64. The van der Waals surface area contributed by atoms with Gasteiger partial charge >= 0.3 is 0 Å². The molecule has 0 fully saturated rings. The minimum atomic E-state index is 0.944. The highest BCUT2D eigenvalue weighted by atomic mass is 16.2. The summed E-state index contributed by atoms with van der Waals surface area (Å²) in [5.41, 5.74) is 0.